The van der Waals surface area contributed by atoms with Crippen molar-refractivity contribution in [1.29, 1.82) is 0 Å². The monoisotopic (exact) mass is 665 g/mol. The average Bonchev–Trinajstić information content (AvgIpc) is 2.94. The fraction of sp³-hybridized carbons (Fsp3) is 0.355. The molecule has 0 aromatic heterocycles. The predicted octanol–water partition coefficient (Wildman–Crippen LogP) is 6.64. The zero-order chi connectivity index (χ0) is 31.9. The van der Waals surface area contributed by atoms with Gasteiger partial charge in [-0.3, -0.25) is 13.9 Å². The first kappa shape index (κ1) is 34.6. The molecule has 0 radical (unpaired) electrons. The highest BCUT2D eigenvalue weighted by Gasteiger charge is 2.34. The van der Waals surface area contributed by atoms with E-state index in [0.29, 0.717) is 21.4 Å². The van der Waals surface area contributed by atoms with Crippen molar-refractivity contribution in [2.75, 3.05) is 23.7 Å². The Morgan fingerprint density at radius 2 is 1.67 bits per heavy atom. The third kappa shape index (κ3) is 9.04. The fourth-order valence-electron chi connectivity index (χ4n) is 4.22. The van der Waals surface area contributed by atoms with Gasteiger partial charge in [-0.1, -0.05) is 41.4 Å². The van der Waals surface area contributed by atoms with E-state index in [1.807, 2.05) is 27.0 Å². The molecule has 0 aliphatic rings. The van der Waals surface area contributed by atoms with Gasteiger partial charge in [-0.05, 0) is 95.0 Å². The highest BCUT2D eigenvalue weighted by Crippen LogP contribution is 2.33. The lowest BCUT2D eigenvalue weighted by molar-refractivity contribution is -0.140. The Labute approximate surface area is 268 Å². The van der Waals surface area contributed by atoms with Gasteiger partial charge in [0.05, 0.1) is 17.2 Å². The molecule has 0 aliphatic heterocycles. The Morgan fingerprint density at radius 1 is 1.02 bits per heavy atom. The second-order valence-corrected chi connectivity index (χ2v) is 14.3. The standard InChI is InChI=1S/C31H37Cl2N3O5S2/c1-7-41-28-11-9-8-10-27(28)36(43(39,40)25-16-14-24(42-6)15-17-25)20-29(37)35(21(2)30(38)34-31(3,4)5)19-22-12-13-23(32)18-26(22)33/h8-18,21H,7,19-20H2,1-6H3,(H,34,38). The van der Waals surface area contributed by atoms with Crippen LogP contribution in [0.3, 0.4) is 0 Å². The normalized spacial score (nSPS) is 12.4. The molecule has 0 heterocycles. The average molecular weight is 667 g/mol. The smallest absolute Gasteiger partial charge is 0.264 e. The molecule has 12 heteroatoms. The molecule has 3 rings (SSSR count). The molecule has 8 nitrogen and oxygen atoms in total. The van der Waals surface area contributed by atoms with Crippen LogP contribution in [0.1, 0.15) is 40.2 Å². The van der Waals surface area contributed by atoms with Gasteiger partial charge in [0.25, 0.3) is 10.0 Å². The summed E-state index contributed by atoms with van der Waals surface area (Å²) in [6.45, 7) is 8.51. The number of thioether (sulfide) groups is 1. The van der Waals surface area contributed by atoms with E-state index < -0.39 is 40.0 Å². The Bertz CT molecular complexity index is 1540. The van der Waals surface area contributed by atoms with E-state index in [2.05, 4.69) is 5.32 Å². The molecule has 43 heavy (non-hydrogen) atoms. The number of rotatable bonds is 12. The molecule has 1 N–H and O–H groups in total. The minimum atomic E-state index is -4.26. The fourth-order valence-corrected chi connectivity index (χ4v) is 6.52. The van der Waals surface area contributed by atoms with Crippen LogP contribution in [0.5, 0.6) is 5.75 Å². The van der Waals surface area contributed by atoms with E-state index in [-0.39, 0.29) is 23.7 Å². The maximum Gasteiger partial charge on any atom is 0.264 e. The number of ether oxygens (including phenoxy) is 1. The van der Waals surface area contributed by atoms with Crippen molar-refractivity contribution in [3.8, 4) is 5.75 Å². The van der Waals surface area contributed by atoms with E-state index in [0.717, 1.165) is 9.20 Å². The van der Waals surface area contributed by atoms with Crippen LogP contribution in [0.2, 0.25) is 10.0 Å². The van der Waals surface area contributed by atoms with E-state index in [1.165, 1.54) is 28.8 Å². The number of benzene rings is 3. The van der Waals surface area contributed by atoms with Crippen LogP contribution in [0.15, 0.2) is 76.5 Å². The first-order chi connectivity index (χ1) is 20.2. The van der Waals surface area contributed by atoms with Crippen molar-refractivity contribution in [3.63, 3.8) is 0 Å². The number of hydrogen-bond acceptors (Lipinski definition) is 6. The predicted molar refractivity (Wildman–Crippen MR) is 175 cm³/mol. The van der Waals surface area contributed by atoms with Crippen LogP contribution in [0.4, 0.5) is 5.69 Å². The summed E-state index contributed by atoms with van der Waals surface area (Å²) in [7, 11) is -4.26. The topological polar surface area (TPSA) is 96.0 Å². The van der Waals surface area contributed by atoms with Crippen molar-refractivity contribution in [1.82, 2.24) is 10.2 Å². The van der Waals surface area contributed by atoms with Crippen molar-refractivity contribution in [2.24, 2.45) is 0 Å². The van der Waals surface area contributed by atoms with Gasteiger partial charge in [0.1, 0.15) is 18.3 Å². The molecule has 0 bridgehead atoms. The summed E-state index contributed by atoms with van der Waals surface area (Å²) in [5, 5.41) is 3.63. The number of sulfonamides is 1. The Morgan fingerprint density at radius 3 is 2.26 bits per heavy atom. The summed E-state index contributed by atoms with van der Waals surface area (Å²) in [5.41, 5.74) is 0.182. The summed E-state index contributed by atoms with van der Waals surface area (Å²) < 4.78 is 35.1. The number of anilines is 1. The number of nitrogens with one attached hydrogen (secondary N) is 1. The number of nitrogens with zero attached hydrogens (tertiary/aromatic N) is 2. The van der Waals surface area contributed by atoms with Gasteiger partial charge in [-0.2, -0.15) is 0 Å². The maximum absolute atomic E-state index is 14.2. The van der Waals surface area contributed by atoms with Gasteiger partial charge in [-0.25, -0.2) is 8.42 Å². The summed E-state index contributed by atoms with van der Waals surface area (Å²) >= 11 is 14.0. The largest absolute Gasteiger partial charge is 0.492 e. The molecule has 1 atom stereocenters. The molecule has 1 unspecified atom stereocenters. The molecule has 2 amide bonds. The van der Waals surface area contributed by atoms with Crippen LogP contribution in [0.25, 0.3) is 0 Å². The summed E-state index contributed by atoms with van der Waals surface area (Å²) in [6, 6.07) is 17.0. The van der Waals surface area contributed by atoms with Crippen LogP contribution >= 0.6 is 35.0 Å². The zero-order valence-corrected chi connectivity index (χ0v) is 28.2. The first-order valence-electron chi connectivity index (χ1n) is 13.6. The lowest BCUT2D eigenvalue weighted by atomic mass is 10.1. The maximum atomic E-state index is 14.2. The van der Waals surface area contributed by atoms with Crippen molar-refractivity contribution in [2.45, 2.75) is 62.5 Å². The SMILES string of the molecule is CCOc1ccccc1N(CC(=O)N(Cc1ccc(Cl)cc1Cl)C(C)C(=O)NC(C)(C)C)S(=O)(=O)c1ccc(SC)cc1. The van der Waals surface area contributed by atoms with Gasteiger partial charge in [-0.15, -0.1) is 11.8 Å². The molecule has 0 fully saturated rings. The van der Waals surface area contributed by atoms with E-state index in [1.54, 1.807) is 68.4 Å². The van der Waals surface area contributed by atoms with Gasteiger partial charge in [0.15, 0.2) is 0 Å². The Hall–Kier alpha value is -2.92. The van der Waals surface area contributed by atoms with Gasteiger partial charge in [0.2, 0.25) is 11.8 Å². The quantitative estimate of drug-likeness (QED) is 0.218. The van der Waals surface area contributed by atoms with Crippen molar-refractivity contribution in [3.05, 3.63) is 82.3 Å². The number of amides is 2. The molecule has 3 aromatic rings. The Balaban J connectivity index is 2.11. The van der Waals surface area contributed by atoms with Gasteiger partial charge >= 0.3 is 0 Å². The molecule has 0 saturated heterocycles. The summed E-state index contributed by atoms with van der Waals surface area (Å²) in [6.07, 6.45) is 1.89. The van der Waals surface area contributed by atoms with E-state index >= 15 is 0 Å². The highest BCUT2D eigenvalue weighted by atomic mass is 35.5. The minimum Gasteiger partial charge on any atom is -0.492 e. The minimum absolute atomic E-state index is 0.00946. The lowest BCUT2D eigenvalue weighted by Crippen LogP contribution is -2.54. The van der Waals surface area contributed by atoms with Gasteiger partial charge in [0, 0.05) is 27.0 Å². The molecule has 0 aliphatic carbocycles. The van der Waals surface area contributed by atoms with E-state index in [4.69, 9.17) is 27.9 Å². The zero-order valence-electron chi connectivity index (χ0n) is 25.1. The third-order valence-electron chi connectivity index (χ3n) is 6.38. The molecule has 0 spiro atoms. The lowest BCUT2D eigenvalue weighted by Gasteiger charge is -2.34. The van der Waals surface area contributed by atoms with Crippen LogP contribution in [0, 0.1) is 0 Å². The highest BCUT2D eigenvalue weighted by molar-refractivity contribution is 7.98. The molecule has 0 saturated carbocycles. The second kappa shape index (κ2) is 14.7. The summed E-state index contributed by atoms with van der Waals surface area (Å²) in [4.78, 5) is 29.7. The molecular weight excluding hydrogens is 629 g/mol. The third-order valence-corrected chi connectivity index (χ3v) is 9.49. The number of hydrogen-bond donors (Lipinski definition) is 1. The van der Waals surface area contributed by atoms with Crippen LogP contribution in [-0.2, 0) is 26.2 Å². The number of carbonyl (C=O) groups is 2. The van der Waals surface area contributed by atoms with Crippen molar-refractivity contribution >= 4 is 62.5 Å². The molecular formula is C31H37Cl2N3O5S2. The summed E-state index contributed by atoms with van der Waals surface area (Å²) in [5.74, 6) is -0.714. The van der Waals surface area contributed by atoms with E-state index in [9.17, 15) is 18.0 Å². The number of carbonyl (C=O) groups excluding carboxylic acids is 2. The number of halogens is 2. The first-order valence-corrected chi connectivity index (χ1v) is 17.0. The van der Waals surface area contributed by atoms with Crippen molar-refractivity contribution < 1.29 is 22.7 Å². The Kier molecular flexibility index (Phi) is 11.8. The van der Waals surface area contributed by atoms with Crippen LogP contribution in [-0.4, -0.2) is 56.1 Å². The van der Waals surface area contributed by atoms with Crippen LogP contribution < -0.4 is 14.4 Å². The number of para-hydroxylation sites is 2. The second-order valence-electron chi connectivity index (χ2n) is 10.8. The molecule has 232 valence electrons. The molecule has 3 aromatic carbocycles. The van der Waals surface area contributed by atoms with Gasteiger partial charge < -0.3 is 15.0 Å².